The molecule has 1 aromatic rings. The lowest BCUT2D eigenvalue weighted by Crippen LogP contribution is -2.16. The van der Waals surface area contributed by atoms with Crippen molar-refractivity contribution in [3.8, 4) is 5.75 Å². The van der Waals surface area contributed by atoms with Crippen molar-refractivity contribution in [1.82, 2.24) is 5.32 Å². The molecular formula is C12H15ClF3NO. The molecular weight excluding hydrogens is 267 g/mol. The number of ether oxygens (including phenoxy) is 1. The second-order valence-corrected chi connectivity index (χ2v) is 4.13. The second kappa shape index (κ2) is 6.85. The summed E-state index contributed by atoms with van der Waals surface area (Å²) in [4.78, 5) is 0. The van der Waals surface area contributed by atoms with Crippen molar-refractivity contribution in [1.29, 1.82) is 0 Å². The average molecular weight is 282 g/mol. The molecule has 2 nitrogen and oxygen atoms in total. The first-order valence-electron chi connectivity index (χ1n) is 5.61. The van der Waals surface area contributed by atoms with Gasteiger partial charge in [0.1, 0.15) is 5.75 Å². The first kappa shape index (κ1) is 15.1. The van der Waals surface area contributed by atoms with Crippen molar-refractivity contribution in [2.24, 2.45) is 0 Å². The topological polar surface area (TPSA) is 21.3 Å². The largest absolute Gasteiger partial charge is 0.491 e. The number of alkyl halides is 3. The van der Waals surface area contributed by atoms with Gasteiger partial charge in [-0.15, -0.1) is 0 Å². The maximum Gasteiger partial charge on any atom is 0.392 e. The van der Waals surface area contributed by atoms with Crippen molar-refractivity contribution in [3.05, 3.63) is 28.8 Å². The zero-order chi connectivity index (χ0) is 13.6. The van der Waals surface area contributed by atoms with Gasteiger partial charge in [-0.25, -0.2) is 0 Å². The maximum atomic E-state index is 12.0. The van der Waals surface area contributed by atoms with Gasteiger partial charge in [0.2, 0.25) is 0 Å². The van der Waals surface area contributed by atoms with Gasteiger partial charge in [0.25, 0.3) is 0 Å². The van der Waals surface area contributed by atoms with E-state index >= 15 is 0 Å². The predicted octanol–water partition coefficient (Wildman–Crippen LogP) is 3.78. The molecule has 0 spiro atoms. The molecule has 0 aromatic heterocycles. The molecule has 1 aromatic carbocycles. The van der Waals surface area contributed by atoms with Gasteiger partial charge in [-0.05, 0) is 12.6 Å². The van der Waals surface area contributed by atoms with Crippen molar-refractivity contribution in [3.63, 3.8) is 0 Å². The standard InChI is InChI=1S/C12H15ClF3NO/c1-2-17-8-9-4-3-5-10(13)11(9)18-7-6-12(14,15)16/h3-5,17H,2,6-8H2,1H3. The number of hydrogen-bond acceptors (Lipinski definition) is 2. The number of hydrogen-bond donors (Lipinski definition) is 1. The summed E-state index contributed by atoms with van der Waals surface area (Å²) < 4.78 is 41.3. The number of para-hydroxylation sites is 1. The summed E-state index contributed by atoms with van der Waals surface area (Å²) in [6.07, 6.45) is -5.21. The van der Waals surface area contributed by atoms with E-state index in [2.05, 4.69) is 5.32 Å². The molecule has 0 saturated heterocycles. The second-order valence-electron chi connectivity index (χ2n) is 3.72. The smallest absolute Gasteiger partial charge is 0.392 e. The fraction of sp³-hybridized carbons (Fsp3) is 0.500. The summed E-state index contributed by atoms with van der Waals surface area (Å²) in [7, 11) is 0. The number of rotatable bonds is 6. The van der Waals surface area contributed by atoms with Crippen molar-refractivity contribution < 1.29 is 17.9 Å². The Morgan fingerprint density at radius 1 is 1.33 bits per heavy atom. The van der Waals surface area contributed by atoms with Gasteiger partial charge in [0.05, 0.1) is 18.1 Å². The average Bonchev–Trinajstić information content (AvgIpc) is 2.27. The van der Waals surface area contributed by atoms with Gasteiger partial charge < -0.3 is 10.1 Å². The SMILES string of the molecule is CCNCc1cccc(Cl)c1OCCC(F)(F)F. The monoisotopic (exact) mass is 281 g/mol. The molecule has 0 aliphatic rings. The molecule has 0 aliphatic carbocycles. The fourth-order valence-corrected chi connectivity index (χ4v) is 1.63. The maximum absolute atomic E-state index is 12.0. The molecule has 0 bridgehead atoms. The van der Waals surface area contributed by atoms with Gasteiger partial charge in [0.15, 0.2) is 0 Å². The highest BCUT2D eigenvalue weighted by molar-refractivity contribution is 6.32. The first-order valence-corrected chi connectivity index (χ1v) is 5.99. The highest BCUT2D eigenvalue weighted by Gasteiger charge is 2.27. The van der Waals surface area contributed by atoms with Crippen LogP contribution in [-0.4, -0.2) is 19.3 Å². The molecule has 0 atom stereocenters. The van der Waals surface area contributed by atoms with E-state index in [4.69, 9.17) is 16.3 Å². The van der Waals surface area contributed by atoms with Crippen LogP contribution < -0.4 is 10.1 Å². The molecule has 0 unspecified atom stereocenters. The fourth-order valence-electron chi connectivity index (χ4n) is 1.38. The molecule has 0 amide bonds. The highest BCUT2D eigenvalue weighted by Crippen LogP contribution is 2.29. The number of benzene rings is 1. The first-order chi connectivity index (χ1) is 8.44. The number of nitrogens with one attached hydrogen (secondary N) is 1. The van der Waals surface area contributed by atoms with E-state index in [1.807, 2.05) is 6.92 Å². The van der Waals surface area contributed by atoms with Gasteiger partial charge in [-0.3, -0.25) is 0 Å². The lowest BCUT2D eigenvalue weighted by molar-refractivity contribution is -0.139. The van der Waals surface area contributed by atoms with Crippen molar-refractivity contribution >= 4 is 11.6 Å². The molecule has 1 rings (SSSR count). The summed E-state index contributed by atoms with van der Waals surface area (Å²) in [5, 5.41) is 3.40. The van der Waals surface area contributed by atoms with E-state index in [9.17, 15) is 13.2 Å². The van der Waals surface area contributed by atoms with E-state index in [0.717, 1.165) is 12.1 Å². The Labute approximate surface area is 109 Å². The minimum Gasteiger partial charge on any atom is -0.491 e. The van der Waals surface area contributed by atoms with Crippen LogP contribution in [0.15, 0.2) is 18.2 Å². The van der Waals surface area contributed by atoms with E-state index in [-0.39, 0.29) is 0 Å². The van der Waals surface area contributed by atoms with Crippen LogP contribution in [-0.2, 0) is 6.54 Å². The predicted molar refractivity (Wildman–Crippen MR) is 65.0 cm³/mol. The Bertz CT molecular complexity index is 382. The van der Waals surface area contributed by atoms with Gasteiger partial charge in [-0.2, -0.15) is 13.2 Å². The summed E-state index contributed by atoms with van der Waals surface area (Å²) in [5.41, 5.74) is 0.756. The Balaban J connectivity index is 2.67. The van der Waals surface area contributed by atoms with Gasteiger partial charge in [-0.1, -0.05) is 30.7 Å². The summed E-state index contributed by atoms with van der Waals surface area (Å²) in [6.45, 7) is 2.79. The third-order valence-electron chi connectivity index (χ3n) is 2.25. The molecule has 0 fully saturated rings. The Hall–Kier alpha value is -0.940. The summed E-state index contributed by atoms with van der Waals surface area (Å²) in [6, 6.07) is 5.11. The quantitative estimate of drug-likeness (QED) is 0.857. The Morgan fingerprint density at radius 3 is 2.67 bits per heavy atom. The van der Waals surface area contributed by atoms with Gasteiger partial charge >= 0.3 is 6.18 Å². The van der Waals surface area contributed by atoms with Crippen LogP contribution in [0.5, 0.6) is 5.75 Å². The zero-order valence-corrected chi connectivity index (χ0v) is 10.7. The summed E-state index contributed by atoms with van der Waals surface area (Å²) >= 11 is 5.92. The van der Waals surface area contributed by atoms with E-state index in [0.29, 0.717) is 17.3 Å². The number of halogens is 4. The molecule has 1 N–H and O–H groups in total. The Kier molecular flexibility index (Phi) is 5.75. The van der Waals surface area contributed by atoms with Crippen LogP contribution in [0, 0.1) is 0 Å². The van der Waals surface area contributed by atoms with E-state index in [1.165, 1.54) is 0 Å². The highest BCUT2D eigenvalue weighted by atomic mass is 35.5. The molecule has 0 aliphatic heterocycles. The molecule has 0 heterocycles. The third-order valence-corrected chi connectivity index (χ3v) is 2.54. The molecule has 0 saturated carbocycles. The molecule has 6 heteroatoms. The summed E-state index contributed by atoms with van der Waals surface area (Å²) in [5.74, 6) is 0.323. The van der Waals surface area contributed by atoms with E-state index in [1.54, 1.807) is 18.2 Å². The zero-order valence-electron chi connectivity index (χ0n) is 9.98. The van der Waals surface area contributed by atoms with Crippen LogP contribution >= 0.6 is 11.6 Å². The van der Waals surface area contributed by atoms with Gasteiger partial charge in [0, 0.05) is 12.1 Å². The van der Waals surface area contributed by atoms with Crippen LogP contribution in [0.3, 0.4) is 0 Å². The molecule has 102 valence electrons. The lowest BCUT2D eigenvalue weighted by Gasteiger charge is -2.14. The molecule has 0 radical (unpaired) electrons. The minimum absolute atomic E-state index is 0.323. The van der Waals surface area contributed by atoms with Crippen molar-refractivity contribution in [2.45, 2.75) is 26.1 Å². The lowest BCUT2D eigenvalue weighted by atomic mass is 10.2. The Morgan fingerprint density at radius 2 is 2.06 bits per heavy atom. The normalized spacial score (nSPS) is 11.6. The minimum atomic E-state index is -4.22. The van der Waals surface area contributed by atoms with E-state index < -0.39 is 19.2 Å². The van der Waals surface area contributed by atoms with Crippen LogP contribution in [0.4, 0.5) is 13.2 Å². The van der Waals surface area contributed by atoms with Crippen molar-refractivity contribution in [2.75, 3.05) is 13.2 Å². The third kappa shape index (κ3) is 5.14. The van der Waals surface area contributed by atoms with Crippen LogP contribution in [0.25, 0.3) is 0 Å². The molecule has 18 heavy (non-hydrogen) atoms. The van der Waals surface area contributed by atoms with Crippen LogP contribution in [0.2, 0.25) is 5.02 Å². The van der Waals surface area contributed by atoms with Crippen LogP contribution in [0.1, 0.15) is 18.9 Å².